The molecule has 0 bridgehead atoms. The maximum atomic E-state index is 8.21. The van der Waals surface area contributed by atoms with Gasteiger partial charge in [-0.3, -0.25) is 0 Å². The Morgan fingerprint density at radius 2 is 2.14 bits per heavy atom. The number of rotatable bonds is 2. The van der Waals surface area contributed by atoms with Crippen molar-refractivity contribution in [1.82, 2.24) is 0 Å². The third-order valence-corrected chi connectivity index (χ3v) is 0.898. The largest absolute Gasteiger partial charge is 0.814 e. The van der Waals surface area contributed by atoms with Crippen molar-refractivity contribution in [3.63, 3.8) is 0 Å². The summed E-state index contributed by atoms with van der Waals surface area (Å²) in [4.78, 5) is 0. The quantitative estimate of drug-likeness (QED) is 0.678. The molecule has 7 heavy (non-hydrogen) atoms. The minimum atomic E-state index is 0. The second-order valence-corrected chi connectivity index (χ2v) is 1.53. The van der Waals surface area contributed by atoms with Crippen LogP contribution < -0.4 is 0 Å². The van der Waals surface area contributed by atoms with E-state index in [0.29, 0.717) is 5.92 Å². The van der Waals surface area contributed by atoms with Crippen molar-refractivity contribution in [3.05, 3.63) is 5.41 Å². The van der Waals surface area contributed by atoms with Crippen LogP contribution in [0.4, 0.5) is 0 Å². The maximum absolute atomic E-state index is 8.21. The molecule has 0 aliphatic carbocycles. The van der Waals surface area contributed by atoms with Crippen molar-refractivity contribution in [2.45, 2.75) is 20.3 Å². The Balaban J connectivity index is 0. The van der Waals surface area contributed by atoms with Crippen LogP contribution in [-0.4, -0.2) is 6.21 Å². The van der Waals surface area contributed by atoms with Crippen molar-refractivity contribution in [1.29, 1.82) is 0 Å². The van der Waals surface area contributed by atoms with Gasteiger partial charge in [0.05, 0.1) is 0 Å². The van der Waals surface area contributed by atoms with Gasteiger partial charge in [-0.25, -0.2) is 6.21 Å². The normalized spacial score (nSPS) is 11.7. The minimum absolute atomic E-state index is 0. The molecule has 1 nitrogen and oxygen atoms in total. The Bertz CT molecular complexity index is 45.3. The van der Waals surface area contributed by atoms with Gasteiger partial charge in [0.1, 0.15) is 0 Å². The van der Waals surface area contributed by atoms with Crippen LogP contribution in [0.15, 0.2) is 0 Å². The second-order valence-electron chi connectivity index (χ2n) is 1.53. The molecule has 0 amide bonds. The molecule has 1 radical (unpaired) electrons. The van der Waals surface area contributed by atoms with Crippen LogP contribution in [0.25, 0.3) is 5.41 Å². The monoisotopic (exact) mass is 265 g/mol. The summed E-state index contributed by atoms with van der Waals surface area (Å²) in [6.07, 6.45) is 2.25. The average molecular weight is 265 g/mol. The molecule has 0 saturated heterocycles. The topological polar surface area (TPSA) is 22.3 Å². The first-order valence-corrected chi connectivity index (χ1v) is 2.28. The molecule has 0 N–H and O–H groups in total. The van der Waals surface area contributed by atoms with E-state index in [1.54, 1.807) is 0 Å². The van der Waals surface area contributed by atoms with Crippen LogP contribution in [0.3, 0.4) is 0 Å². The standard InChI is InChI=1S/C5H10N.Ta/c1-3-5(2)4-6;/h4-5H,3H2,1-2H3;/q-1;. The fraction of sp³-hybridized carbons (Fsp3) is 0.800. The molecule has 0 aliphatic rings. The predicted molar refractivity (Wildman–Crippen MR) is 28.9 cm³/mol. The Morgan fingerprint density at radius 1 is 1.71 bits per heavy atom. The zero-order valence-electron chi connectivity index (χ0n) is 4.76. The molecule has 0 saturated carbocycles. The van der Waals surface area contributed by atoms with Crippen molar-refractivity contribution in [2.75, 3.05) is 0 Å². The summed E-state index contributed by atoms with van der Waals surface area (Å²) in [6, 6.07) is 0. The molecular weight excluding hydrogens is 255 g/mol. The van der Waals surface area contributed by atoms with Gasteiger partial charge in [-0.15, -0.1) is 0 Å². The van der Waals surface area contributed by atoms with Gasteiger partial charge in [-0.2, -0.15) is 0 Å². The summed E-state index contributed by atoms with van der Waals surface area (Å²) in [7, 11) is 0. The SMILES string of the molecule is CCC(C)C=[N-].[Ta]. The van der Waals surface area contributed by atoms with Crippen molar-refractivity contribution in [2.24, 2.45) is 5.92 Å². The van der Waals surface area contributed by atoms with E-state index in [9.17, 15) is 0 Å². The predicted octanol–water partition coefficient (Wildman–Crippen LogP) is 1.67. The Hall–Kier alpha value is 0.410. The van der Waals surface area contributed by atoms with Gasteiger partial charge in [0.2, 0.25) is 0 Å². The summed E-state index contributed by atoms with van der Waals surface area (Å²) in [6.45, 7) is 4.01. The van der Waals surface area contributed by atoms with E-state index in [-0.39, 0.29) is 22.4 Å². The van der Waals surface area contributed by atoms with Crippen LogP contribution in [0, 0.1) is 5.92 Å². The fourth-order valence-corrected chi connectivity index (χ4v) is 0.105. The molecular formula is C5H10NTa-. The minimum Gasteiger partial charge on any atom is -0.814 e. The first kappa shape index (κ1) is 10.4. The number of hydrogen-bond donors (Lipinski definition) is 0. The maximum Gasteiger partial charge on any atom is 0 e. The van der Waals surface area contributed by atoms with E-state index >= 15 is 0 Å². The molecule has 0 heterocycles. The molecule has 0 spiro atoms. The number of hydrogen-bond acceptors (Lipinski definition) is 0. The summed E-state index contributed by atoms with van der Waals surface area (Å²) >= 11 is 0. The summed E-state index contributed by atoms with van der Waals surface area (Å²) in [5.74, 6) is 0.366. The Morgan fingerprint density at radius 3 is 2.14 bits per heavy atom. The molecule has 1 atom stereocenters. The van der Waals surface area contributed by atoms with Crippen molar-refractivity contribution in [3.8, 4) is 0 Å². The van der Waals surface area contributed by atoms with Crippen molar-refractivity contribution >= 4 is 6.21 Å². The molecule has 0 aliphatic heterocycles. The van der Waals surface area contributed by atoms with E-state index in [0.717, 1.165) is 6.42 Å². The van der Waals surface area contributed by atoms with Gasteiger partial charge >= 0.3 is 0 Å². The first-order valence-electron chi connectivity index (χ1n) is 2.28. The first-order chi connectivity index (χ1) is 2.81. The average Bonchev–Trinajstić information content (AvgIpc) is 1.65. The van der Waals surface area contributed by atoms with E-state index in [1.807, 2.05) is 13.8 Å². The van der Waals surface area contributed by atoms with Crippen LogP contribution in [0.1, 0.15) is 20.3 Å². The van der Waals surface area contributed by atoms with Gasteiger partial charge in [-0.05, 0) is 5.92 Å². The Kier molecular flexibility index (Phi) is 9.53. The molecule has 0 rings (SSSR count). The van der Waals surface area contributed by atoms with Gasteiger partial charge in [0, 0.05) is 22.4 Å². The molecule has 0 fully saturated rings. The fourth-order valence-electron chi connectivity index (χ4n) is 0.105. The van der Waals surface area contributed by atoms with Crippen molar-refractivity contribution < 1.29 is 22.4 Å². The summed E-state index contributed by atoms with van der Waals surface area (Å²) in [5, 5.41) is 8.21. The van der Waals surface area contributed by atoms with Crippen LogP contribution >= 0.6 is 0 Å². The van der Waals surface area contributed by atoms with E-state index in [1.165, 1.54) is 6.21 Å². The summed E-state index contributed by atoms with van der Waals surface area (Å²) in [5.41, 5.74) is 0. The van der Waals surface area contributed by atoms with Gasteiger partial charge in [0.15, 0.2) is 0 Å². The van der Waals surface area contributed by atoms with Gasteiger partial charge in [-0.1, -0.05) is 20.3 Å². The molecule has 41 valence electrons. The second kappa shape index (κ2) is 6.41. The third-order valence-electron chi connectivity index (χ3n) is 0.898. The van der Waals surface area contributed by atoms with E-state index in [4.69, 9.17) is 5.41 Å². The van der Waals surface area contributed by atoms with Crippen LogP contribution in [0.2, 0.25) is 0 Å². The molecule has 0 aromatic rings. The number of nitrogens with zero attached hydrogens (tertiary/aromatic N) is 1. The zero-order chi connectivity index (χ0) is 4.99. The summed E-state index contributed by atoms with van der Waals surface area (Å²) < 4.78 is 0. The molecule has 2 heteroatoms. The van der Waals surface area contributed by atoms with E-state index in [2.05, 4.69) is 0 Å². The third kappa shape index (κ3) is 6.41. The Labute approximate surface area is 60.5 Å². The van der Waals surface area contributed by atoms with Crippen LogP contribution in [-0.2, 0) is 22.4 Å². The molecule has 0 aromatic heterocycles. The van der Waals surface area contributed by atoms with Gasteiger partial charge < -0.3 is 5.41 Å². The van der Waals surface area contributed by atoms with E-state index < -0.39 is 0 Å². The zero-order valence-corrected chi connectivity index (χ0v) is 7.97. The van der Waals surface area contributed by atoms with Gasteiger partial charge in [0.25, 0.3) is 0 Å². The molecule has 0 aromatic carbocycles. The molecule has 1 unspecified atom stereocenters. The van der Waals surface area contributed by atoms with Crippen LogP contribution in [0.5, 0.6) is 0 Å². The smallest absolute Gasteiger partial charge is 0 e.